The number of aliphatic carboxylic acids is 1. The van der Waals surface area contributed by atoms with Crippen molar-refractivity contribution in [3.8, 4) is 0 Å². The number of nitrogens with zero attached hydrogens (tertiary/aromatic N) is 2. The zero-order valence-electron chi connectivity index (χ0n) is 13.4. The first-order valence-corrected chi connectivity index (χ1v) is 7.54. The van der Waals surface area contributed by atoms with Crippen LogP contribution in [-0.2, 0) is 9.53 Å². The molecule has 6 heteroatoms. The van der Waals surface area contributed by atoms with Gasteiger partial charge in [-0.05, 0) is 40.0 Å². The number of morpholine rings is 1. The van der Waals surface area contributed by atoms with Crippen LogP contribution in [0.2, 0.25) is 0 Å². The maximum absolute atomic E-state index is 12.7. The average molecular weight is 298 g/mol. The number of ether oxygens (including phenoxy) is 1. The van der Waals surface area contributed by atoms with Crippen LogP contribution in [0.1, 0.15) is 40.5 Å². The highest BCUT2D eigenvalue weighted by Crippen LogP contribution is 2.30. The molecule has 21 heavy (non-hydrogen) atoms. The molecule has 0 aromatic rings. The van der Waals surface area contributed by atoms with E-state index in [0.717, 1.165) is 6.42 Å². The van der Waals surface area contributed by atoms with E-state index in [1.807, 2.05) is 32.6 Å². The van der Waals surface area contributed by atoms with Crippen molar-refractivity contribution >= 4 is 12.0 Å². The number of carboxylic acids is 1. The first-order chi connectivity index (χ1) is 9.58. The van der Waals surface area contributed by atoms with E-state index in [4.69, 9.17) is 9.84 Å². The summed E-state index contributed by atoms with van der Waals surface area (Å²) in [5, 5.41) is 8.85. The van der Waals surface area contributed by atoms with Gasteiger partial charge in [0.2, 0.25) is 0 Å². The second-order valence-corrected chi connectivity index (χ2v) is 7.46. The molecule has 0 bridgehead atoms. The third-order valence-electron chi connectivity index (χ3n) is 3.99. The third-order valence-corrected chi connectivity index (χ3v) is 3.99. The molecular formula is C15H26N2O4. The van der Waals surface area contributed by atoms with E-state index in [0.29, 0.717) is 26.2 Å². The Balaban J connectivity index is 1.99. The predicted octanol–water partition coefficient (Wildman–Crippen LogP) is 1.79. The Labute approximate surface area is 126 Å². The van der Waals surface area contributed by atoms with Crippen molar-refractivity contribution in [2.75, 3.05) is 26.2 Å². The van der Waals surface area contributed by atoms with Gasteiger partial charge in [0.15, 0.2) is 0 Å². The predicted molar refractivity (Wildman–Crippen MR) is 78.1 cm³/mol. The highest BCUT2D eigenvalue weighted by atomic mass is 16.5. The number of hydrogen-bond donors (Lipinski definition) is 1. The fraction of sp³-hybridized carbons (Fsp3) is 0.867. The van der Waals surface area contributed by atoms with Crippen molar-refractivity contribution in [1.82, 2.24) is 9.80 Å². The number of rotatable bonds is 2. The van der Waals surface area contributed by atoms with Crippen LogP contribution >= 0.6 is 0 Å². The normalized spacial score (nSPS) is 27.7. The second-order valence-electron chi connectivity index (χ2n) is 7.46. The van der Waals surface area contributed by atoms with Crippen molar-refractivity contribution in [3.05, 3.63) is 0 Å². The summed E-state index contributed by atoms with van der Waals surface area (Å²) in [7, 11) is 0. The van der Waals surface area contributed by atoms with Crippen molar-refractivity contribution in [1.29, 1.82) is 0 Å². The molecule has 6 nitrogen and oxygen atoms in total. The number of hydrogen-bond acceptors (Lipinski definition) is 3. The quantitative estimate of drug-likeness (QED) is 0.844. The van der Waals surface area contributed by atoms with Gasteiger partial charge in [-0.1, -0.05) is 0 Å². The van der Waals surface area contributed by atoms with E-state index >= 15 is 0 Å². The van der Waals surface area contributed by atoms with Crippen LogP contribution in [0, 0.1) is 5.92 Å². The van der Waals surface area contributed by atoms with Gasteiger partial charge in [-0.15, -0.1) is 0 Å². The molecule has 1 unspecified atom stereocenters. The van der Waals surface area contributed by atoms with Gasteiger partial charge in [0.1, 0.15) is 0 Å². The molecule has 120 valence electrons. The highest BCUT2D eigenvalue weighted by molar-refractivity contribution is 5.75. The van der Waals surface area contributed by atoms with Gasteiger partial charge in [0.25, 0.3) is 0 Å². The molecule has 2 rings (SSSR count). The van der Waals surface area contributed by atoms with Crippen LogP contribution < -0.4 is 0 Å². The Kier molecular flexibility index (Phi) is 4.19. The Bertz CT molecular complexity index is 417. The second kappa shape index (κ2) is 5.48. The molecule has 2 heterocycles. The lowest BCUT2D eigenvalue weighted by molar-refractivity contribution is -0.171. The minimum atomic E-state index is -0.789. The minimum absolute atomic E-state index is 0.00680. The van der Waals surface area contributed by atoms with Crippen LogP contribution in [0.5, 0.6) is 0 Å². The molecule has 0 aliphatic carbocycles. The molecule has 1 atom stereocenters. The van der Waals surface area contributed by atoms with Crippen molar-refractivity contribution < 1.29 is 19.4 Å². The largest absolute Gasteiger partial charge is 0.481 e. The van der Waals surface area contributed by atoms with Crippen molar-refractivity contribution in [2.45, 2.75) is 51.7 Å². The van der Waals surface area contributed by atoms with E-state index in [-0.39, 0.29) is 29.6 Å². The van der Waals surface area contributed by atoms with Gasteiger partial charge in [-0.2, -0.15) is 0 Å². The SMILES string of the molecule is CC1(C)CN(C(=O)N2CCC(CC(=O)O)C2)CC(C)(C)O1. The van der Waals surface area contributed by atoms with Crippen LogP contribution in [0.4, 0.5) is 4.79 Å². The molecule has 0 spiro atoms. The van der Waals surface area contributed by atoms with Crippen LogP contribution in [-0.4, -0.2) is 64.3 Å². The standard InChI is InChI=1S/C15H26N2O4/c1-14(2)9-17(10-15(3,4)21-14)13(20)16-6-5-11(8-16)7-12(18)19/h11H,5-10H2,1-4H3,(H,18,19). The summed E-state index contributed by atoms with van der Waals surface area (Å²) in [5.41, 5.74) is -0.727. The Morgan fingerprint density at radius 2 is 1.71 bits per heavy atom. The molecule has 1 N–H and O–H groups in total. The van der Waals surface area contributed by atoms with E-state index in [1.165, 1.54) is 0 Å². The summed E-state index contributed by atoms with van der Waals surface area (Å²) in [4.78, 5) is 27.1. The Morgan fingerprint density at radius 3 is 2.24 bits per heavy atom. The zero-order chi connectivity index (χ0) is 15.8. The number of likely N-dealkylation sites (tertiary alicyclic amines) is 1. The first kappa shape index (κ1) is 16.1. The van der Waals surface area contributed by atoms with Gasteiger partial charge < -0.3 is 19.6 Å². The van der Waals surface area contributed by atoms with Crippen LogP contribution in [0.3, 0.4) is 0 Å². The molecule has 2 aliphatic heterocycles. The lowest BCUT2D eigenvalue weighted by Crippen LogP contribution is -2.60. The zero-order valence-corrected chi connectivity index (χ0v) is 13.4. The molecule has 0 aromatic heterocycles. The van der Waals surface area contributed by atoms with Crippen LogP contribution in [0.25, 0.3) is 0 Å². The maximum atomic E-state index is 12.7. The lowest BCUT2D eigenvalue weighted by Gasteiger charge is -2.47. The van der Waals surface area contributed by atoms with Gasteiger partial charge >= 0.3 is 12.0 Å². The van der Waals surface area contributed by atoms with Gasteiger partial charge in [0.05, 0.1) is 24.3 Å². The van der Waals surface area contributed by atoms with E-state index < -0.39 is 5.97 Å². The number of carbonyl (C=O) groups is 2. The lowest BCUT2D eigenvalue weighted by atomic mass is 9.99. The molecular weight excluding hydrogens is 272 g/mol. The van der Waals surface area contributed by atoms with E-state index in [9.17, 15) is 9.59 Å². The van der Waals surface area contributed by atoms with Gasteiger partial charge in [-0.25, -0.2) is 4.79 Å². The summed E-state index contributed by atoms with van der Waals surface area (Å²) in [5.74, 6) is -0.712. The first-order valence-electron chi connectivity index (χ1n) is 7.54. The van der Waals surface area contributed by atoms with Crippen molar-refractivity contribution in [3.63, 3.8) is 0 Å². The van der Waals surface area contributed by atoms with Crippen LogP contribution in [0.15, 0.2) is 0 Å². The fourth-order valence-corrected chi connectivity index (χ4v) is 3.54. The number of amides is 2. The number of carboxylic acid groups (broad SMARTS) is 1. The van der Waals surface area contributed by atoms with Crippen molar-refractivity contribution in [2.24, 2.45) is 5.92 Å². The Morgan fingerprint density at radius 1 is 1.14 bits per heavy atom. The summed E-state index contributed by atoms with van der Waals surface area (Å²) < 4.78 is 5.99. The summed E-state index contributed by atoms with van der Waals surface area (Å²) in [6.07, 6.45) is 0.916. The molecule has 2 fully saturated rings. The molecule has 0 radical (unpaired) electrons. The molecule has 2 aliphatic rings. The fourth-order valence-electron chi connectivity index (χ4n) is 3.54. The number of carbonyl (C=O) groups excluding carboxylic acids is 1. The minimum Gasteiger partial charge on any atom is -0.481 e. The monoisotopic (exact) mass is 298 g/mol. The molecule has 2 saturated heterocycles. The van der Waals surface area contributed by atoms with Gasteiger partial charge in [-0.3, -0.25) is 4.79 Å². The smallest absolute Gasteiger partial charge is 0.320 e. The van der Waals surface area contributed by atoms with E-state index in [2.05, 4.69) is 0 Å². The number of urea groups is 1. The topological polar surface area (TPSA) is 70.1 Å². The third kappa shape index (κ3) is 4.09. The summed E-state index contributed by atoms with van der Waals surface area (Å²) in [6.45, 7) is 10.3. The van der Waals surface area contributed by atoms with E-state index in [1.54, 1.807) is 4.90 Å². The molecule has 0 aromatic carbocycles. The summed E-state index contributed by atoms with van der Waals surface area (Å²) in [6, 6.07) is 0.00680. The van der Waals surface area contributed by atoms with Gasteiger partial charge in [0, 0.05) is 19.5 Å². The summed E-state index contributed by atoms with van der Waals surface area (Å²) >= 11 is 0. The Hall–Kier alpha value is -1.30. The maximum Gasteiger partial charge on any atom is 0.320 e. The molecule has 0 saturated carbocycles. The average Bonchev–Trinajstić information content (AvgIpc) is 2.71. The molecule has 2 amide bonds. The highest BCUT2D eigenvalue weighted by Gasteiger charge is 2.42.